The van der Waals surface area contributed by atoms with Crippen molar-refractivity contribution >= 4 is 22.8 Å². The molecule has 1 saturated heterocycles. The Morgan fingerprint density at radius 3 is 2.95 bits per heavy atom. The summed E-state index contributed by atoms with van der Waals surface area (Å²) in [7, 11) is 0. The molecule has 1 aliphatic rings. The molecule has 0 aliphatic carbocycles. The van der Waals surface area contributed by atoms with Gasteiger partial charge in [-0.05, 0) is 30.7 Å². The van der Waals surface area contributed by atoms with E-state index in [0.29, 0.717) is 0 Å². The van der Waals surface area contributed by atoms with Gasteiger partial charge in [-0.1, -0.05) is 18.6 Å². The Kier molecular flexibility index (Phi) is 4.30. The minimum Gasteiger partial charge on any atom is -0.310 e. The number of nitrogens with one attached hydrogen (secondary N) is 1. The van der Waals surface area contributed by atoms with Crippen LogP contribution in [0.25, 0.3) is 11.0 Å². The Morgan fingerprint density at radius 1 is 1.21 bits per heavy atom. The van der Waals surface area contributed by atoms with Gasteiger partial charge in [-0.15, -0.1) is 0 Å². The van der Waals surface area contributed by atoms with E-state index in [-0.39, 0.29) is 0 Å². The lowest BCUT2D eigenvalue weighted by molar-refractivity contribution is 0.593. The Hall–Kier alpha value is -1.13. The highest BCUT2D eigenvalue weighted by Gasteiger charge is 2.13. The molecule has 0 saturated carbocycles. The molecule has 1 N–H and O–H groups in total. The van der Waals surface area contributed by atoms with E-state index >= 15 is 0 Å². The fraction of sp³-hybridized carbons (Fsp3) is 0.467. The SMILES string of the molecule is c1ccc2nc(CNCC3CCCCS3)cnc2c1. The van der Waals surface area contributed by atoms with Crippen LogP contribution in [-0.4, -0.2) is 27.5 Å². The second-order valence-corrected chi connectivity index (χ2v) is 6.38. The quantitative estimate of drug-likeness (QED) is 0.929. The predicted molar refractivity (Wildman–Crippen MR) is 81.3 cm³/mol. The lowest BCUT2D eigenvalue weighted by Crippen LogP contribution is -2.26. The van der Waals surface area contributed by atoms with E-state index in [9.17, 15) is 0 Å². The summed E-state index contributed by atoms with van der Waals surface area (Å²) in [4.78, 5) is 9.06. The van der Waals surface area contributed by atoms with Gasteiger partial charge in [0, 0.05) is 18.3 Å². The number of hydrogen-bond donors (Lipinski definition) is 1. The molecule has 0 spiro atoms. The summed E-state index contributed by atoms with van der Waals surface area (Å²) in [6.45, 7) is 1.90. The monoisotopic (exact) mass is 273 g/mol. The Labute approximate surface area is 118 Å². The van der Waals surface area contributed by atoms with E-state index in [2.05, 4.69) is 27.0 Å². The second-order valence-electron chi connectivity index (χ2n) is 4.97. The molecule has 0 amide bonds. The average Bonchev–Trinajstić information content (AvgIpc) is 2.48. The number of benzene rings is 1. The van der Waals surface area contributed by atoms with Crippen LogP contribution in [-0.2, 0) is 6.54 Å². The molecule has 3 rings (SSSR count). The number of fused-ring (bicyclic) bond motifs is 1. The van der Waals surface area contributed by atoms with Crippen LogP contribution in [0.4, 0.5) is 0 Å². The molecule has 0 radical (unpaired) electrons. The molecule has 1 aromatic carbocycles. The summed E-state index contributed by atoms with van der Waals surface area (Å²) in [6, 6.07) is 8.02. The van der Waals surface area contributed by atoms with Crippen LogP contribution in [0.15, 0.2) is 30.5 Å². The van der Waals surface area contributed by atoms with E-state index < -0.39 is 0 Å². The number of nitrogens with zero attached hydrogens (tertiary/aromatic N) is 2. The van der Waals surface area contributed by atoms with E-state index in [1.165, 1.54) is 25.0 Å². The zero-order valence-corrected chi connectivity index (χ0v) is 11.8. The molecule has 1 fully saturated rings. The van der Waals surface area contributed by atoms with E-state index in [0.717, 1.165) is 35.1 Å². The maximum atomic E-state index is 4.63. The number of rotatable bonds is 4. The molecule has 1 atom stereocenters. The predicted octanol–water partition coefficient (Wildman–Crippen LogP) is 3.01. The van der Waals surface area contributed by atoms with Crippen LogP contribution >= 0.6 is 11.8 Å². The summed E-state index contributed by atoms with van der Waals surface area (Å²) in [5.41, 5.74) is 2.97. The summed E-state index contributed by atoms with van der Waals surface area (Å²) < 4.78 is 0. The maximum absolute atomic E-state index is 4.63. The first kappa shape index (κ1) is 12.9. The van der Waals surface area contributed by atoms with Gasteiger partial charge in [-0.2, -0.15) is 11.8 Å². The zero-order chi connectivity index (χ0) is 12.9. The van der Waals surface area contributed by atoms with Gasteiger partial charge in [0.1, 0.15) is 0 Å². The van der Waals surface area contributed by atoms with Gasteiger partial charge >= 0.3 is 0 Å². The summed E-state index contributed by atoms with van der Waals surface area (Å²) in [6.07, 6.45) is 6.00. The third kappa shape index (κ3) is 3.45. The van der Waals surface area contributed by atoms with Crippen molar-refractivity contribution in [3.8, 4) is 0 Å². The van der Waals surface area contributed by atoms with Gasteiger partial charge in [-0.3, -0.25) is 4.98 Å². The van der Waals surface area contributed by atoms with Gasteiger partial charge in [-0.25, -0.2) is 4.98 Å². The standard InChI is InChI=1S/C15H19N3S/c1-2-7-15-14(6-1)17-10-12(18-15)9-16-11-13-5-3-4-8-19-13/h1-2,6-7,10,13,16H,3-5,8-9,11H2. The summed E-state index contributed by atoms with van der Waals surface area (Å²) in [5, 5.41) is 4.29. The Bertz CT molecular complexity index is 538. The van der Waals surface area contributed by atoms with Crippen molar-refractivity contribution < 1.29 is 0 Å². The smallest absolute Gasteiger partial charge is 0.0890 e. The molecule has 1 aliphatic heterocycles. The van der Waals surface area contributed by atoms with Gasteiger partial charge in [0.2, 0.25) is 0 Å². The topological polar surface area (TPSA) is 37.8 Å². The molecule has 2 aromatic rings. The van der Waals surface area contributed by atoms with Crippen molar-refractivity contribution in [3.05, 3.63) is 36.2 Å². The van der Waals surface area contributed by atoms with E-state index in [4.69, 9.17) is 0 Å². The van der Waals surface area contributed by atoms with Gasteiger partial charge < -0.3 is 5.32 Å². The highest BCUT2D eigenvalue weighted by atomic mass is 32.2. The first-order chi connectivity index (χ1) is 9.42. The highest BCUT2D eigenvalue weighted by Crippen LogP contribution is 2.24. The molecule has 0 bridgehead atoms. The lowest BCUT2D eigenvalue weighted by atomic mass is 10.2. The molecule has 3 nitrogen and oxygen atoms in total. The van der Waals surface area contributed by atoms with Crippen LogP contribution < -0.4 is 5.32 Å². The molecule has 100 valence electrons. The maximum Gasteiger partial charge on any atom is 0.0890 e. The van der Waals surface area contributed by atoms with Crippen molar-refractivity contribution in [2.45, 2.75) is 31.1 Å². The normalized spacial score (nSPS) is 19.7. The van der Waals surface area contributed by atoms with Crippen LogP contribution in [0.2, 0.25) is 0 Å². The number of thioether (sulfide) groups is 1. The fourth-order valence-corrected chi connectivity index (χ4v) is 3.68. The number of hydrogen-bond acceptors (Lipinski definition) is 4. The van der Waals surface area contributed by atoms with Crippen molar-refractivity contribution in [3.63, 3.8) is 0 Å². The molecule has 1 aromatic heterocycles. The molecular formula is C15H19N3S. The van der Waals surface area contributed by atoms with Crippen molar-refractivity contribution in [2.75, 3.05) is 12.3 Å². The van der Waals surface area contributed by atoms with Gasteiger partial charge in [0.15, 0.2) is 0 Å². The molecule has 1 unspecified atom stereocenters. The first-order valence-corrected chi connectivity index (χ1v) is 8.00. The minimum absolute atomic E-state index is 0.780. The lowest BCUT2D eigenvalue weighted by Gasteiger charge is -2.21. The molecule has 4 heteroatoms. The largest absolute Gasteiger partial charge is 0.310 e. The van der Waals surface area contributed by atoms with Gasteiger partial charge in [0.05, 0.1) is 22.9 Å². The second kappa shape index (κ2) is 6.35. The first-order valence-electron chi connectivity index (χ1n) is 6.95. The average molecular weight is 273 g/mol. The molecule has 2 heterocycles. The van der Waals surface area contributed by atoms with Crippen LogP contribution in [0.1, 0.15) is 25.0 Å². The van der Waals surface area contributed by atoms with Crippen molar-refractivity contribution in [2.24, 2.45) is 0 Å². The van der Waals surface area contributed by atoms with Crippen molar-refractivity contribution in [1.82, 2.24) is 15.3 Å². The third-order valence-electron chi connectivity index (χ3n) is 3.45. The van der Waals surface area contributed by atoms with Crippen molar-refractivity contribution in [1.29, 1.82) is 0 Å². The summed E-state index contributed by atoms with van der Waals surface area (Å²) in [5.74, 6) is 1.32. The number of para-hydroxylation sites is 2. The van der Waals surface area contributed by atoms with Gasteiger partial charge in [0.25, 0.3) is 0 Å². The summed E-state index contributed by atoms with van der Waals surface area (Å²) >= 11 is 2.10. The minimum atomic E-state index is 0.780. The van der Waals surface area contributed by atoms with E-state index in [1.54, 1.807) is 0 Å². The van der Waals surface area contributed by atoms with E-state index in [1.807, 2.05) is 30.5 Å². The van der Waals surface area contributed by atoms with Crippen LogP contribution in [0.3, 0.4) is 0 Å². The highest BCUT2D eigenvalue weighted by molar-refractivity contribution is 7.99. The van der Waals surface area contributed by atoms with Crippen LogP contribution in [0.5, 0.6) is 0 Å². The molecule has 19 heavy (non-hydrogen) atoms. The Morgan fingerprint density at radius 2 is 2.11 bits per heavy atom. The Balaban J connectivity index is 1.56. The zero-order valence-electron chi connectivity index (χ0n) is 11.0. The molecular weight excluding hydrogens is 254 g/mol. The number of aromatic nitrogens is 2. The third-order valence-corrected chi connectivity index (χ3v) is 4.85. The fourth-order valence-electron chi connectivity index (χ4n) is 2.41. The van der Waals surface area contributed by atoms with Crippen LogP contribution in [0, 0.1) is 0 Å².